The van der Waals surface area contributed by atoms with E-state index in [4.69, 9.17) is 9.47 Å². The summed E-state index contributed by atoms with van der Waals surface area (Å²) in [5.74, 6) is 1.70. The second-order valence-corrected chi connectivity index (χ2v) is 18.9. The number of alkyl halides is 4. The monoisotopic (exact) mass is 1220 g/mol. The molecule has 4 aromatic rings. The maximum atomic E-state index is 6.41. The minimum atomic E-state index is 0.437. The van der Waals surface area contributed by atoms with E-state index in [-0.39, 0.29) is 0 Å². The van der Waals surface area contributed by atoms with Gasteiger partial charge < -0.3 is 9.47 Å². The third-order valence-electron chi connectivity index (χ3n) is 6.89. The predicted molar refractivity (Wildman–Crippen MR) is 219 cm³/mol. The lowest BCUT2D eigenvalue weighted by Gasteiger charge is -2.19. The van der Waals surface area contributed by atoms with Gasteiger partial charge in [0.1, 0.15) is 11.5 Å². The van der Waals surface area contributed by atoms with Gasteiger partial charge in [-0.3, -0.25) is 0 Å². The molecule has 4 aromatic carbocycles. The van der Waals surface area contributed by atoms with Crippen LogP contribution >= 0.6 is 159 Å². The molecule has 0 fully saturated rings. The number of rotatable bonds is 14. The first-order valence-electron chi connectivity index (χ1n) is 13.4. The highest BCUT2D eigenvalue weighted by molar-refractivity contribution is 9.13. The zero-order valence-electron chi connectivity index (χ0n) is 22.6. The lowest BCUT2D eigenvalue weighted by Crippen LogP contribution is -2.05. The van der Waals surface area contributed by atoms with Crippen LogP contribution in [0, 0.1) is 0 Å². The maximum Gasteiger partial charge on any atom is 0.142 e. The fourth-order valence-electron chi connectivity index (χ4n) is 4.86. The Morgan fingerprint density at radius 2 is 0.907 bits per heavy atom. The summed E-state index contributed by atoms with van der Waals surface area (Å²) in [4.78, 5) is 0.874. The predicted octanol–water partition coefficient (Wildman–Crippen LogP) is 14.8. The molecule has 0 saturated carbocycles. The van der Waals surface area contributed by atoms with Crippen molar-refractivity contribution in [2.45, 2.75) is 41.8 Å². The van der Waals surface area contributed by atoms with E-state index in [0.29, 0.717) is 22.9 Å². The van der Waals surface area contributed by atoms with Crippen molar-refractivity contribution in [3.8, 4) is 11.5 Å². The molecule has 0 aromatic heterocycles. The van der Waals surface area contributed by atoms with Crippen LogP contribution in [-0.4, -0.2) is 33.5 Å². The van der Waals surface area contributed by atoms with Crippen LogP contribution in [0.1, 0.15) is 36.8 Å². The molecule has 4 rings (SSSR count). The molecule has 0 N–H and O–H groups in total. The van der Waals surface area contributed by atoms with E-state index in [9.17, 15) is 0 Å². The Balaban J connectivity index is 1.74. The third kappa shape index (κ3) is 9.49. The topological polar surface area (TPSA) is 18.5 Å². The molecule has 0 radical (unpaired) electrons. The standard InChI is InChI=1S/C31H26Br10O2/c32-14-18(34)3-1-9-42-30-24(40)12-22(38)26-16(5-7-20(36)28(26)30)11-17-6-8-21(37)29-27(17)23(39)13-25(41)31(29)43-10-2-4-19(35)15-33/h5-8,12-13,18-19H,1-4,9-11,14-15H2. The average Bonchev–Trinajstić information content (AvgIpc) is 2.97. The van der Waals surface area contributed by atoms with Crippen LogP contribution in [0.4, 0.5) is 0 Å². The third-order valence-corrected chi connectivity index (χ3v) is 15.5. The van der Waals surface area contributed by atoms with Gasteiger partial charge in [-0.1, -0.05) is 140 Å². The van der Waals surface area contributed by atoms with Gasteiger partial charge in [-0.2, -0.15) is 0 Å². The highest BCUT2D eigenvalue weighted by Gasteiger charge is 2.21. The van der Waals surface area contributed by atoms with Gasteiger partial charge in [0.05, 0.1) is 22.2 Å². The van der Waals surface area contributed by atoms with Crippen molar-refractivity contribution in [3.05, 3.63) is 74.4 Å². The zero-order chi connectivity index (χ0) is 31.3. The van der Waals surface area contributed by atoms with Crippen molar-refractivity contribution >= 4 is 181 Å². The minimum absolute atomic E-state index is 0.437. The van der Waals surface area contributed by atoms with Crippen LogP contribution in [-0.2, 0) is 6.42 Å². The van der Waals surface area contributed by atoms with Crippen LogP contribution in [0.3, 0.4) is 0 Å². The molecule has 2 atom stereocenters. The van der Waals surface area contributed by atoms with Crippen LogP contribution < -0.4 is 9.47 Å². The van der Waals surface area contributed by atoms with E-state index in [1.807, 2.05) is 0 Å². The summed E-state index contributed by atoms with van der Waals surface area (Å²) in [6.45, 7) is 1.27. The molecule has 0 amide bonds. The molecule has 2 nitrogen and oxygen atoms in total. The van der Waals surface area contributed by atoms with Gasteiger partial charge in [0, 0.05) is 59.8 Å². The number of benzene rings is 4. The Bertz CT molecular complexity index is 1480. The number of hydrogen-bond donors (Lipinski definition) is 0. The lowest BCUT2D eigenvalue weighted by atomic mass is 9.94. The second kappa shape index (κ2) is 18.0. The van der Waals surface area contributed by atoms with Gasteiger partial charge in [0.25, 0.3) is 0 Å². The van der Waals surface area contributed by atoms with E-state index in [0.717, 1.165) is 103 Å². The highest BCUT2D eigenvalue weighted by atomic mass is 79.9. The van der Waals surface area contributed by atoms with E-state index in [1.54, 1.807) is 0 Å². The Labute approximate surface area is 337 Å². The summed E-state index contributed by atoms with van der Waals surface area (Å²) in [6, 6.07) is 12.8. The van der Waals surface area contributed by atoms with Gasteiger partial charge in [0.15, 0.2) is 0 Å². The van der Waals surface area contributed by atoms with Gasteiger partial charge in [0.2, 0.25) is 0 Å². The molecule has 0 aliphatic rings. The zero-order valence-corrected chi connectivity index (χ0v) is 38.4. The molecule has 0 aliphatic carbocycles. The molecule has 0 spiro atoms. The molecular weight excluding hydrogens is 1200 g/mol. The quantitative estimate of drug-likeness (QED) is 0.0925. The summed E-state index contributed by atoms with van der Waals surface area (Å²) < 4.78 is 18.7. The molecule has 0 bridgehead atoms. The van der Waals surface area contributed by atoms with Crippen molar-refractivity contribution in [1.29, 1.82) is 0 Å². The fourth-order valence-corrected chi connectivity index (χ4v) is 10.2. The summed E-state index contributed by atoms with van der Waals surface area (Å²) >= 11 is 37.4. The van der Waals surface area contributed by atoms with Crippen molar-refractivity contribution in [2.24, 2.45) is 0 Å². The van der Waals surface area contributed by atoms with Gasteiger partial charge >= 0.3 is 0 Å². The Morgan fingerprint density at radius 3 is 1.28 bits per heavy atom. The molecule has 232 valence electrons. The van der Waals surface area contributed by atoms with Gasteiger partial charge in [-0.25, -0.2) is 0 Å². The minimum Gasteiger partial charge on any atom is -0.492 e. The molecular formula is C31H26Br10O2. The maximum absolute atomic E-state index is 6.41. The van der Waals surface area contributed by atoms with Crippen molar-refractivity contribution in [1.82, 2.24) is 0 Å². The Morgan fingerprint density at radius 1 is 0.512 bits per heavy atom. The van der Waals surface area contributed by atoms with E-state index >= 15 is 0 Å². The molecule has 43 heavy (non-hydrogen) atoms. The normalized spacial score (nSPS) is 13.1. The molecule has 0 aliphatic heterocycles. The van der Waals surface area contributed by atoms with Crippen LogP contribution in [0.2, 0.25) is 0 Å². The van der Waals surface area contributed by atoms with E-state index < -0.39 is 0 Å². The number of ether oxygens (including phenoxy) is 2. The lowest BCUT2D eigenvalue weighted by molar-refractivity contribution is 0.309. The summed E-state index contributed by atoms with van der Waals surface area (Å²) in [6.07, 6.45) is 4.69. The second-order valence-electron chi connectivity index (χ2n) is 9.91. The molecule has 12 heteroatoms. The van der Waals surface area contributed by atoms with Gasteiger partial charge in [-0.05, 0) is 99.4 Å². The number of halogens is 10. The summed E-state index contributed by atoms with van der Waals surface area (Å²) in [7, 11) is 0. The van der Waals surface area contributed by atoms with Crippen molar-refractivity contribution < 1.29 is 9.47 Å². The average molecular weight is 1230 g/mol. The van der Waals surface area contributed by atoms with Gasteiger partial charge in [-0.15, -0.1) is 0 Å². The fraction of sp³-hybridized carbons (Fsp3) is 0.355. The SMILES string of the molecule is BrCC(Br)CCCOc1c(Br)cc(Br)c2c(Cc3ccc(Br)c4c(OCCCC(Br)CBr)c(Br)cc(Br)c34)ccc(Br)c12. The Hall–Kier alpha value is 1.80. The molecule has 0 heterocycles. The molecule has 0 saturated heterocycles. The first-order valence-corrected chi connectivity index (χ1v) is 22.2. The number of fused-ring (bicyclic) bond motifs is 2. The number of hydrogen-bond acceptors (Lipinski definition) is 2. The first kappa shape index (κ1) is 37.6. The molecule has 2 unspecified atom stereocenters. The Kier molecular flexibility index (Phi) is 15.7. The summed E-state index contributed by atoms with van der Waals surface area (Å²) in [5, 5.41) is 6.21. The van der Waals surface area contributed by atoms with Crippen LogP contribution in [0.15, 0.2) is 63.2 Å². The van der Waals surface area contributed by atoms with Crippen LogP contribution in [0.5, 0.6) is 11.5 Å². The van der Waals surface area contributed by atoms with Crippen molar-refractivity contribution in [3.63, 3.8) is 0 Å². The van der Waals surface area contributed by atoms with Crippen LogP contribution in [0.25, 0.3) is 21.5 Å². The van der Waals surface area contributed by atoms with E-state index in [2.05, 4.69) is 196 Å². The highest BCUT2D eigenvalue weighted by Crippen LogP contribution is 2.47. The van der Waals surface area contributed by atoms with Crippen molar-refractivity contribution in [2.75, 3.05) is 23.9 Å². The summed E-state index contributed by atoms with van der Waals surface area (Å²) in [5.41, 5.74) is 2.39. The van der Waals surface area contributed by atoms with E-state index in [1.165, 1.54) is 11.1 Å². The first-order chi connectivity index (χ1) is 20.6. The largest absolute Gasteiger partial charge is 0.492 e. The smallest absolute Gasteiger partial charge is 0.142 e.